The zero-order chi connectivity index (χ0) is 73.1. The van der Waals surface area contributed by atoms with Gasteiger partial charge in [-0.3, -0.25) is 10.1 Å². The van der Waals surface area contributed by atoms with Gasteiger partial charge in [-0.1, -0.05) is 24.3 Å². The Bertz CT molecular complexity index is 5110. The molecule has 0 spiro atoms. The van der Waals surface area contributed by atoms with Crippen LogP contribution < -0.4 is 29.6 Å². The zero-order valence-corrected chi connectivity index (χ0v) is 58.4. The Labute approximate surface area is 584 Å². The normalized spacial score (nSPS) is 10.7. The molecule has 0 unspecified atom stereocenters. The van der Waals surface area contributed by atoms with Gasteiger partial charge in [0, 0.05) is 120 Å². The summed E-state index contributed by atoms with van der Waals surface area (Å²) in [5.74, 6) is 2.04. The first-order valence-corrected chi connectivity index (χ1v) is 32.6. The molecular formula is C79H79F2N11O9. The maximum atomic E-state index is 12.3. The second kappa shape index (κ2) is 34.1. The van der Waals surface area contributed by atoms with Crippen LogP contribution in [0.2, 0.25) is 0 Å². The number of carbonyl (C=O) groups excluding carboxylic acids is 3. The van der Waals surface area contributed by atoms with Gasteiger partial charge in [0.15, 0.2) is 0 Å². The number of methoxy groups -OCH3 is 3. The van der Waals surface area contributed by atoms with Gasteiger partial charge in [-0.2, -0.15) is 29.8 Å². The van der Waals surface area contributed by atoms with Gasteiger partial charge in [-0.15, -0.1) is 0 Å². The predicted molar refractivity (Wildman–Crippen MR) is 389 cm³/mol. The van der Waals surface area contributed by atoms with Crippen LogP contribution in [0, 0.1) is 45.3 Å². The number of amides is 2. The lowest BCUT2D eigenvalue weighted by atomic mass is 10.1. The first-order valence-electron chi connectivity index (χ1n) is 32.6. The second-order valence-electron chi connectivity index (χ2n) is 23.4. The third-order valence-corrected chi connectivity index (χ3v) is 16.2. The number of carbonyl (C=O) groups is 3. The van der Waals surface area contributed by atoms with E-state index in [4.69, 9.17) is 34.2 Å². The third kappa shape index (κ3) is 17.6. The SMILES string of the molecule is CCOC(=O)c1cn(CC)c2cc(OC)ccc12.CCn1c(-c2ccc(OC)cc2)c(C#N)c2ccc(OC)cc21.CCn1cc(C#N)c2ccc(C(=O)Nc3ccccc3)cc21.CCn1cc(C#N)c2ccc(NC(=O)OC(C)(C)C)cc21.CCn1cc(C#N)c2ccc(OC(F)F)cc21. The first-order chi connectivity index (χ1) is 48.6. The lowest BCUT2D eigenvalue weighted by Gasteiger charge is -2.19. The fourth-order valence-corrected chi connectivity index (χ4v) is 11.4. The number of anilines is 2. The maximum absolute atomic E-state index is 12.3. The summed E-state index contributed by atoms with van der Waals surface area (Å²) in [6.45, 7) is 18.6. The molecule has 20 nitrogen and oxygen atoms in total. The molecule has 22 heteroatoms. The Hall–Kier alpha value is -12.5. The number of rotatable bonds is 16. The average molecular weight is 1360 g/mol. The minimum Gasteiger partial charge on any atom is -0.497 e. The molecule has 0 aliphatic carbocycles. The molecule has 0 bridgehead atoms. The molecule has 0 saturated heterocycles. The summed E-state index contributed by atoms with van der Waals surface area (Å²) < 4.78 is 64.5. The number of nitriles is 4. The summed E-state index contributed by atoms with van der Waals surface area (Å²) in [7, 11) is 4.92. The highest BCUT2D eigenvalue weighted by Crippen LogP contribution is 2.37. The van der Waals surface area contributed by atoms with Crippen LogP contribution in [0.1, 0.15) is 105 Å². The van der Waals surface area contributed by atoms with Gasteiger partial charge >= 0.3 is 18.7 Å². The van der Waals surface area contributed by atoms with E-state index in [1.807, 2.05) is 201 Å². The second-order valence-corrected chi connectivity index (χ2v) is 23.4. The molecule has 7 aromatic carbocycles. The quantitative estimate of drug-likeness (QED) is 0.0855. The molecule has 101 heavy (non-hydrogen) atoms. The molecule has 0 fully saturated rings. The van der Waals surface area contributed by atoms with Gasteiger partial charge in [-0.05, 0) is 171 Å². The van der Waals surface area contributed by atoms with Crippen molar-refractivity contribution in [1.29, 1.82) is 21.0 Å². The number of alkyl halides is 2. The van der Waals surface area contributed by atoms with E-state index in [9.17, 15) is 33.7 Å². The van der Waals surface area contributed by atoms with E-state index in [1.165, 1.54) is 12.1 Å². The number of esters is 1. The van der Waals surface area contributed by atoms with Crippen LogP contribution >= 0.6 is 0 Å². The Morgan fingerprint density at radius 2 is 0.950 bits per heavy atom. The lowest BCUT2D eigenvalue weighted by Crippen LogP contribution is -2.27. The molecule has 5 heterocycles. The van der Waals surface area contributed by atoms with Crippen molar-refractivity contribution in [3.8, 4) is 58.5 Å². The van der Waals surface area contributed by atoms with Crippen LogP contribution in [-0.2, 0) is 42.2 Å². The number of hydrogen-bond donors (Lipinski definition) is 2. The highest BCUT2D eigenvalue weighted by atomic mass is 19.3. The topological polar surface area (TPSA) is 250 Å². The van der Waals surface area contributed by atoms with Crippen molar-refractivity contribution in [1.82, 2.24) is 22.8 Å². The minimum absolute atomic E-state index is 0.102. The fraction of sp³-hybridized carbons (Fsp3) is 0.253. The third-order valence-electron chi connectivity index (χ3n) is 16.2. The number of nitrogens with zero attached hydrogens (tertiary/aromatic N) is 9. The van der Waals surface area contributed by atoms with Crippen LogP contribution in [0.15, 0.2) is 170 Å². The number of para-hydroxylation sites is 1. The minimum atomic E-state index is -2.84. The molecule has 518 valence electrons. The monoisotopic (exact) mass is 1360 g/mol. The van der Waals surface area contributed by atoms with Gasteiger partial charge in [0.1, 0.15) is 52.9 Å². The molecule has 0 aliphatic heterocycles. The Morgan fingerprint density at radius 3 is 1.46 bits per heavy atom. The fourth-order valence-electron chi connectivity index (χ4n) is 11.4. The average Bonchev–Trinajstić information content (AvgIpc) is 1.61. The van der Waals surface area contributed by atoms with Crippen molar-refractivity contribution in [3.63, 3.8) is 0 Å². The predicted octanol–water partition coefficient (Wildman–Crippen LogP) is 17.9. The summed E-state index contributed by atoms with van der Waals surface area (Å²) in [6, 6.07) is 52.9. The molecular weight excluding hydrogens is 1280 g/mol. The van der Waals surface area contributed by atoms with E-state index in [-0.39, 0.29) is 17.6 Å². The molecule has 0 saturated carbocycles. The number of hydrogen-bond acceptors (Lipinski definition) is 13. The van der Waals surface area contributed by atoms with Crippen molar-refractivity contribution in [2.24, 2.45) is 0 Å². The largest absolute Gasteiger partial charge is 0.497 e. The summed E-state index contributed by atoms with van der Waals surface area (Å²) in [5, 5.41) is 46.9. The van der Waals surface area contributed by atoms with Crippen molar-refractivity contribution < 1.29 is 51.6 Å². The molecule has 0 aliphatic rings. The standard InChI is InChI=1S/C19H18N2O2.C18H15N3O.C16H19N3O2.C14H17NO3.C12H10F2N2O/c1-4-21-18-11-15(23-3)9-10-16(18)17(12-20)19(21)13-5-7-14(22-2)8-6-13;1-2-21-12-14(11-19)16-9-8-13(10-17(16)21)18(22)20-15-6-4-3-5-7-15;1-5-19-10-11(9-17)13-7-6-12(8-14(13)19)18-15(20)21-16(2,3)4;1-4-15-9-12(14(16)18-5-2)11-7-6-10(17-3)8-13(11)15;1-2-16-7-8(6-15)10-4-3-9(5-11(10)16)17-12(13)14/h5-11H,4H2,1-3H3;3-10,12H,2H2,1H3,(H,20,22);6-8,10H,5H2,1-4H3,(H,18,20);6-9H,4-5H2,1-3H3;3-5,7,12H,2H2,1H3. The van der Waals surface area contributed by atoms with Gasteiger partial charge in [0.05, 0.1) is 89.0 Å². The summed E-state index contributed by atoms with van der Waals surface area (Å²) in [5.41, 5.74) is 11.0. The van der Waals surface area contributed by atoms with E-state index in [0.717, 1.165) is 115 Å². The number of fused-ring (bicyclic) bond motifs is 5. The molecule has 12 rings (SSSR count). The summed E-state index contributed by atoms with van der Waals surface area (Å²) in [4.78, 5) is 36.0. The van der Waals surface area contributed by atoms with Crippen LogP contribution in [0.3, 0.4) is 0 Å². The number of halogens is 2. The van der Waals surface area contributed by atoms with E-state index < -0.39 is 18.3 Å². The van der Waals surface area contributed by atoms with Crippen LogP contribution in [0.5, 0.6) is 23.0 Å². The van der Waals surface area contributed by atoms with Crippen molar-refractivity contribution in [3.05, 3.63) is 204 Å². The highest BCUT2D eigenvalue weighted by molar-refractivity contribution is 6.07. The van der Waals surface area contributed by atoms with E-state index in [0.29, 0.717) is 52.2 Å². The molecule has 5 aromatic heterocycles. The Kier molecular flexibility index (Phi) is 25.1. The van der Waals surface area contributed by atoms with Crippen molar-refractivity contribution in [2.45, 2.75) is 107 Å². The smallest absolute Gasteiger partial charge is 0.412 e. The number of benzene rings is 7. The van der Waals surface area contributed by atoms with Crippen LogP contribution in [0.4, 0.5) is 25.0 Å². The number of aryl methyl sites for hydroxylation is 5. The zero-order valence-electron chi connectivity index (χ0n) is 58.4. The van der Waals surface area contributed by atoms with Crippen LogP contribution in [-0.4, -0.2) is 81.0 Å². The Morgan fingerprint density at radius 1 is 0.485 bits per heavy atom. The van der Waals surface area contributed by atoms with E-state index >= 15 is 0 Å². The summed E-state index contributed by atoms with van der Waals surface area (Å²) >= 11 is 0. The number of nitrogens with one attached hydrogen (secondary N) is 2. The first kappa shape index (κ1) is 74.3. The molecule has 12 aromatic rings. The number of aromatic nitrogens is 5. The number of ether oxygens (including phenoxy) is 6. The van der Waals surface area contributed by atoms with Gasteiger partial charge in [0.2, 0.25) is 0 Å². The van der Waals surface area contributed by atoms with Crippen LogP contribution in [0.25, 0.3) is 65.8 Å². The van der Waals surface area contributed by atoms with Gasteiger partial charge in [-0.25, -0.2) is 9.59 Å². The van der Waals surface area contributed by atoms with Gasteiger partial charge in [0.25, 0.3) is 5.91 Å². The summed E-state index contributed by atoms with van der Waals surface area (Å²) in [6.07, 6.45) is 6.70. The van der Waals surface area contributed by atoms with E-state index in [2.05, 4.69) is 51.1 Å². The highest BCUT2D eigenvalue weighted by Gasteiger charge is 2.21. The van der Waals surface area contributed by atoms with Crippen molar-refractivity contribution >= 4 is 83.9 Å². The molecule has 0 radical (unpaired) electrons. The molecule has 0 atom stereocenters. The van der Waals surface area contributed by atoms with Gasteiger partial charge < -0.3 is 56.6 Å². The van der Waals surface area contributed by atoms with Crippen molar-refractivity contribution in [2.75, 3.05) is 38.6 Å². The maximum Gasteiger partial charge on any atom is 0.412 e. The molecule has 2 N–H and O–H groups in total. The Balaban J connectivity index is 0.000000161. The van der Waals surface area contributed by atoms with E-state index in [1.54, 1.807) is 52.6 Å². The lowest BCUT2D eigenvalue weighted by molar-refractivity contribution is -0.0497. The molecule has 2 amide bonds.